The number of aryl methyl sites for hydroxylation is 3. The molecule has 0 aliphatic heterocycles. The molecular weight excluding hydrogens is 438 g/mol. The molecule has 0 unspecified atom stereocenters. The number of hydrogen-bond donors (Lipinski definition) is 1. The molecule has 4 aromatic rings. The highest BCUT2D eigenvalue weighted by Crippen LogP contribution is 2.31. The first-order valence-corrected chi connectivity index (χ1v) is 11.8. The number of aromatic nitrogens is 4. The van der Waals surface area contributed by atoms with Crippen LogP contribution in [0.1, 0.15) is 27.0 Å². The molecule has 0 atom stereocenters. The SMILES string of the molecule is Cc1ccc(NC(=O)Cc2nc(CSc3nnc(-c4sc(C)nc4C)o3)cs2)cc1. The van der Waals surface area contributed by atoms with Crippen LogP contribution in [0.4, 0.5) is 5.69 Å². The van der Waals surface area contributed by atoms with Gasteiger partial charge in [0.15, 0.2) is 0 Å². The van der Waals surface area contributed by atoms with E-state index in [0.29, 0.717) is 16.9 Å². The Labute approximate surface area is 186 Å². The van der Waals surface area contributed by atoms with Gasteiger partial charge in [0.2, 0.25) is 5.91 Å². The largest absolute Gasteiger partial charge is 0.410 e. The number of carbonyl (C=O) groups is 1. The van der Waals surface area contributed by atoms with Crippen molar-refractivity contribution in [2.24, 2.45) is 0 Å². The molecule has 0 bridgehead atoms. The number of anilines is 1. The molecule has 0 saturated carbocycles. The van der Waals surface area contributed by atoms with Crippen LogP contribution in [0.3, 0.4) is 0 Å². The van der Waals surface area contributed by atoms with Crippen molar-refractivity contribution < 1.29 is 9.21 Å². The molecule has 1 N–H and O–H groups in total. The first kappa shape index (κ1) is 20.7. The van der Waals surface area contributed by atoms with E-state index in [9.17, 15) is 4.79 Å². The molecule has 4 rings (SSSR count). The molecule has 3 aromatic heterocycles. The molecule has 1 amide bonds. The Morgan fingerprint density at radius 3 is 2.67 bits per heavy atom. The molecule has 10 heteroatoms. The standard InChI is InChI=1S/C20H19N5O2S3/c1-11-4-6-14(7-5-11)22-16(26)8-17-23-15(9-28-17)10-29-20-25-24-19(27-20)18-12(2)21-13(3)30-18/h4-7,9H,8,10H2,1-3H3,(H,22,26). The maximum absolute atomic E-state index is 12.2. The van der Waals surface area contributed by atoms with Gasteiger partial charge in [0.05, 0.1) is 22.8 Å². The number of benzene rings is 1. The summed E-state index contributed by atoms with van der Waals surface area (Å²) in [5.41, 5.74) is 3.72. The molecule has 3 heterocycles. The predicted molar refractivity (Wildman–Crippen MR) is 120 cm³/mol. The zero-order valence-corrected chi connectivity index (χ0v) is 19.1. The Morgan fingerprint density at radius 2 is 1.93 bits per heavy atom. The van der Waals surface area contributed by atoms with E-state index in [1.165, 1.54) is 23.1 Å². The smallest absolute Gasteiger partial charge is 0.277 e. The van der Waals surface area contributed by atoms with Crippen molar-refractivity contribution in [3.05, 3.63) is 56.6 Å². The van der Waals surface area contributed by atoms with E-state index in [4.69, 9.17) is 4.42 Å². The lowest BCUT2D eigenvalue weighted by Gasteiger charge is -2.04. The van der Waals surface area contributed by atoms with Crippen molar-refractivity contribution in [1.82, 2.24) is 20.2 Å². The van der Waals surface area contributed by atoms with Crippen LogP contribution >= 0.6 is 34.4 Å². The van der Waals surface area contributed by atoms with Crippen molar-refractivity contribution in [2.45, 2.75) is 38.2 Å². The lowest BCUT2D eigenvalue weighted by molar-refractivity contribution is -0.115. The van der Waals surface area contributed by atoms with Crippen LogP contribution in [0.25, 0.3) is 10.8 Å². The molecule has 0 spiro atoms. The third-order valence-electron chi connectivity index (χ3n) is 4.09. The van der Waals surface area contributed by atoms with E-state index in [0.717, 1.165) is 37.5 Å². The summed E-state index contributed by atoms with van der Waals surface area (Å²) in [5.74, 6) is 1.01. The third-order valence-corrected chi connectivity index (χ3v) is 6.90. The second kappa shape index (κ2) is 9.07. The monoisotopic (exact) mass is 457 g/mol. The van der Waals surface area contributed by atoms with Crippen molar-refractivity contribution in [2.75, 3.05) is 5.32 Å². The zero-order chi connectivity index (χ0) is 21.1. The number of thiazole rings is 2. The Bertz CT molecular complexity index is 1160. The van der Waals surface area contributed by atoms with Crippen LogP contribution in [0.15, 0.2) is 39.3 Å². The summed E-state index contributed by atoms with van der Waals surface area (Å²) in [6.07, 6.45) is 0.248. The van der Waals surface area contributed by atoms with Gasteiger partial charge < -0.3 is 9.73 Å². The van der Waals surface area contributed by atoms with Crippen molar-refractivity contribution in [3.63, 3.8) is 0 Å². The van der Waals surface area contributed by atoms with Crippen molar-refractivity contribution in [1.29, 1.82) is 0 Å². The lowest BCUT2D eigenvalue weighted by Crippen LogP contribution is -2.14. The molecule has 0 aliphatic carbocycles. The maximum atomic E-state index is 12.2. The zero-order valence-electron chi connectivity index (χ0n) is 16.6. The quantitative estimate of drug-likeness (QED) is 0.388. The van der Waals surface area contributed by atoms with E-state index < -0.39 is 0 Å². The fourth-order valence-electron chi connectivity index (χ4n) is 2.70. The lowest BCUT2D eigenvalue weighted by atomic mass is 10.2. The fraction of sp³-hybridized carbons (Fsp3) is 0.250. The molecule has 0 saturated heterocycles. The molecule has 0 fully saturated rings. The number of nitrogens with one attached hydrogen (secondary N) is 1. The van der Waals surface area contributed by atoms with Crippen LogP contribution in [0.2, 0.25) is 0 Å². The summed E-state index contributed by atoms with van der Waals surface area (Å²) >= 11 is 4.44. The molecule has 1 aromatic carbocycles. The van der Waals surface area contributed by atoms with Gasteiger partial charge >= 0.3 is 0 Å². The van der Waals surface area contributed by atoms with Gasteiger partial charge in [0.1, 0.15) is 9.88 Å². The van der Waals surface area contributed by atoms with E-state index in [1.54, 1.807) is 11.3 Å². The molecule has 7 nitrogen and oxygen atoms in total. The highest BCUT2D eigenvalue weighted by Gasteiger charge is 2.16. The second-order valence-corrected chi connectivity index (χ2v) is 9.71. The number of amides is 1. The average Bonchev–Trinajstić information content (AvgIpc) is 3.42. The summed E-state index contributed by atoms with van der Waals surface area (Å²) in [7, 11) is 0. The molecule has 0 radical (unpaired) electrons. The number of hydrogen-bond acceptors (Lipinski definition) is 9. The topological polar surface area (TPSA) is 93.8 Å². The van der Waals surface area contributed by atoms with Crippen LogP contribution in [-0.2, 0) is 17.0 Å². The van der Waals surface area contributed by atoms with Gasteiger partial charge in [-0.3, -0.25) is 4.79 Å². The Kier molecular flexibility index (Phi) is 6.26. The van der Waals surface area contributed by atoms with Gasteiger partial charge in [0.25, 0.3) is 11.1 Å². The maximum Gasteiger partial charge on any atom is 0.277 e. The first-order valence-electron chi connectivity index (χ1n) is 9.17. The Balaban J connectivity index is 1.31. The van der Waals surface area contributed by atoms with Gasteiger partial charge in [-0.25, -0.2) is 9.97 Å². The van der Waals surface area contributed by atoms with Crippen LogP contribution in [0.5, 0.6) is 0 Å². The van der Waals surface area contributed by atoms with Crippen LogP contribution in [-0.4, -0.2) is 26.1 Å². The Hall–Kier alpha value is -2.56. The molecule has 30 heavy (non-hydrogen) atoms. The van der Waals surface area contributed by atoms with Gasteiger partial charge in [-0.2, -0.15) is 0 Å². The minimum absolute atomic E-state index is 0.0795. The highest BCUT2D eigenvalue weighted by atomic mass is 32.2. The van der Waals surface area contributed by atoms with Gasteiger partial charge in [-0.15, -0.1) is 32.9 Å². The second-order valence-electron chi connectivity index (χ2n) is 6.63. The number of rotatable bonds is 7. The normalized spacial score (nSPS) is 11.0. The first-order chi connectivity index (χ1) is 14.5. The summed E-state index contributed by atoms with van der Waals surface area (Å²) < 4.78 is 5.75. The highest BCUT2D eigenvalue weighted by molar-refractivity contribution is 7.98. The third kappa shape index (κ3) is 5.13. The minimum atomic E-state index is -0.0795. The van der Waals surface area contributed by atoms with E-state index in [2.05, 4.69) is 25.5 Å². The van der Waals surface area contributed by atoms with E-state index in [-0.39, 0.29) is 12.3 Å². The van der Waals surface area contributed by atoms with Gasteiger partial charge in [0, 0.05) is 16.8 Å². The molecule has 154 valence electrons. The van der Waals surface area contributed by atoms with Crippen molar-refractivity contribution >= 4 is 46.0 Å². The van der Waals surface area contributed by atoms with Crippen LogP contribution < -0.4 is 5.32 Å². The van der Waals surface area contributed by atoms with Gasteiger partial charge in [-0.1, -0.05) is 29.5 Å². The summed E-state index contributed by atoms with van der Waals surface area (Å²) in [5, 5.41) is 15.3. The van der Waals surface area contributed by atoms with E-state index >= 15 is 0 Å². The Morgan fingerprint density at radius 1 is 1.13 bits per heavy atom. The summed E-state index contributed by atoms with van der Waals surface area (Å²) in [4.78, 5) is 22.1. The number of nitrogens with zero attached hydrogens (tertiary/aromatic N) is 4. The molecular formula is C20H19N5O2S3. The minimum Gasteiger partial charge on any atom is -0.410 e. The fourth-order valence-corrected chi connectivity index (χ4v) is 5.10. The van der Waals surface area contributed by atoms with Crippen molar-refractivity contribution in [3.8, 4) is 10.8 Å². The average molecular weight is 458 g/mol. The predicted octanol–water partition coefficient (Wildman–Crippen LogP) is 5.05. The van der Waals surface area contributed by atoms with Gasteiger partial charge in [-0.05, 0) is 32.9 Å². The summed E-state index contributed by atoms with van der Waals surface area (Å²) in [6.45, 7) is 5.90. The number of carbonyl (C=O) groups excluding carboxylic acids is 1. The molecule has 0 aliphatic rings. The van der Waals surface area contributed by atoms with E-state index in [1.807, 2.05) is 50.4 Å². The number of thioether (sulfide) groups is 1. The summed E-state index contributed by atoms with van der Waals surface area (Å²) in [6, 6.07) is 7.72. The van der Waals surface area contributed by atoms with Crippen LogP contribution in [0, 0.1) is 20.8 Å².